The SMILES string of the molecule is CC(C)(C)[Si](OCC(CN=[N+]=[N-])Nc1ccc2c(c1)Sc1cccc(-c3cc(N4CCOCC4)cc(=O)[nH]3)c1S2)(c1ccccc1)c1ccccc1. The molecule has 0 aliphatic carbocycles. The second kappa shape index (κ2) is 15.7. The summed E-state index contributed by atoms with van der Waals surface area (Å²) < 4.78 is 12.7. The average molecular weight is 747 g/mol. The van der Waals surface area contributed by atoms with E-state index in [-0.39, 0.29) is 23.2 Å². The molecule has 0 amide bonds. The molecule has 2 aliphatic rings. The number of nitrogens with one attached hydrogen (secondary N) is 2. The van der Waals surface area contributed by atoms with Gasteiger partial charge in [0.15, 0.2) is 0 Å². The van der Waals surface area contributed by atoms with Gasteiger partial charge in [0, 0.05) is 67.1 Å². The normalized spacial score (nSPS) is 14.9. The molecule has 1 saturated heterocycles. The Balaban J connectivity index is 1.14. The van der Waals surface area contributed by atoms with Crippen LogP contribution < -0.4 is 26.1 Å². The number of morpholine rings is 1. The average Bonchev–Trinajstić information content (AvgIpc) is 3.16. The highest BCUT2D eigenvalue weighted by Gasteiger charge is 2.50. The van der Waals surface area contributed by atoms with Crippen molar-refractivity contribution in [1.29, 1.82) is 0 Å². The van der Waals surface area contributed by atoms with Gasteiger partial charge in [0.05, 0.1) is 31.6 Å². The second-order valence-electron chi connectivity index (χ2n) is 13.9. The fraction of sp³-hybridized carbons (Fsp3) is 0.275. The van der Waals surface area contributed by atoms with Crippen molar-refractivity contribution in [3.63, 3.8) is 0 Å². The Kier molecular flexibility index (Phi) is 10.8. The van der Waals surface area contributed by atoms with Gasteiger partial charge in [-0.05, 0) is 51.3 Å². The van der Waals surface area contributed by atoms with Crippen molar-refractivity contribution >= 4 is 53.6 Å². The van der Waals surface area contributed by atoms with Crippen LogP contribution >= 0.6 is 23.5 Å². The van der Waals surface area contributed by atoms with E-state index in [9.17, 15) is 10.3 Å². The summed E-state index contributed by atoms with van der Waals surface area (Å²) >= 11 is 3.43. The van der Waals surface area contributed by atoms with Crippen LogP contribution in [-0.4, -0.2) is 58.8 Å². The second-order valence-corrected chi connectivity index (χ2v) is 20.4. The fourth-order valence-electron chi connectivity index (χ4n) is 7.08. The van der Waals surface area contributed by atoms with E-state index in [4.69, 9.17) is 9.16 Å². The lowest BCUT2D eigenvalue weighted by molar-refractivity contribution is 0.122. The first kappa shape index (κ1) is 36.0. The summed E-state index contributed by atoms with van der Waals surface area (Å²) in [5.74, 6) is 0. The van der Waals surface area contributed by atoms with Crippen molar-refractivity contribution in [2.75, 3.05) is 49.7 Å². The molecule has 1 aromatic heterocycles. The quantitative estimate of drug-likeness (QED) is 0.0595. The first-order valence-corrected chi connectivity index (χ1v) is 21.0. The summed E-state index contributed by atoms with van der Waals surface area (Å²) in [5, 5.41) is 9.86. The van der Waals surface area contributed by atoms with Crippen molar-refractivity contribution in [2.45, 2.75) is 51.4 Å². The van der Waals surface area contributed by atoms with Crippen LogP contribution in [0.5, 0.6) is 0 Å². The number of pyridine rings is 1. The Hall–Kier alpha value is -4.42. The summed E-state index contributed by atoms with van der Waals surface area (Å²) in [6.45, 7) is 10.2. The smallest absolute Gasteiger partial charge is 0.261 e. The Morgan fingerprint density at radius 1 is 0.904 bits per heavy atom. The maximum absolute atomic E-state index is 12.8. The Morgan fingerprint density at radius 3 is 2.29 bits per heavy atom. The first-order chi connectivity index (χ1) is 25.2. The van der Waals surface area contributed by atoms with Crippen molar-refractivity contribution in [3.05, 3.63) is 130 Å². The third-order valence-electron chi connectivity index (χ3n) is 9.50. The van der Waals surface area contributed by atoms with Gasteiger partial charge in [-0.25, -0.2) is 0 Å². The van der Waals surface area contributed by atoms with E-state index in [0.29, 0.717) is 19.8 Å². The maximum atomic E-state index is 12.8. The Labute approximate surface area is 313 Å². The third-order valence-corrected chi connectivity index (χ3v) is 17.1. The summed E-state index contributed by atoms with van der Waals surface area (Å²) in [4.78, 5) is 25.7. The predicted molar refractivity (Wildman–Crippen MR) is 215 cm³/mol. The zero-order valence-corrected chi connectivity index (χ0v) is 32.2. The molecule has 1 atom stereocenters. The topological polar surface area (TPSA) is 115 Å². The molecule has 3 heterocycles. The molecular weight excluding hydrogens is 705 g/mol. The maximum Gasteiger partial charge on any atom is 0.261 e. The minimum absolute atomic E-state index is 0.115. The molecule has 266 valence electrons. The van der Waals surface area contributed by atoms with E-state index < -0.39 is 8.32 Å². The molecule has 7 rings (SSSR count). The molecule has 2 aliphatic heterocycles. The van der Waals surface area contributed by atoms with Crippen molar-refractivity contribution in [3.8, 4) is 11.3 Å². The molecular formula is C40H42N6O3S2Si. The molecule has 52 heavy (non-hydrogen) atoms. The van der Waals surface area contributed by atoms with Gasteiger partial charge in [0.2, 0.25) is 5.56 Å². The standard InChI is InChI=1S/C40H42N6O3S2Si/c1-40(2,3)52(31-11-6-4-7-12-31,32-13-8-5-9-14-32)49-27-29(26-42-45-41)43-28-17-18-35-37(23-28)50-36-16-10-15-33(39(36)51-35)34-24-30(25-38(47)44-34)46-19-21-48-22-20-46/h4-18,23-25,29,43H,19-22,26-27H2,1-3H3,(H,44,47). The number of fused-ring (bicyclic) bond motifs is 2. The number of nitrogens with zero attached hydrogens (tertiary/aromatic N) is 4. The largest absolute Gasteiger partial charge is 0.405 e. The van der Waals surface area contributed by atoms with Crippen LogP contribution in [0.1, 0.15) is 20.8 Å². The molecule has 0 bridgehead atoms. The highest BCUT2D eigenvalue weighted by molar-refractivity contribution is 8.05. The highest BCUT2D eigenvalue weighted by atomic mass is 32.2. The molecule has 1 fully saturated rings. The number of H-pyrrole nitrogens is 1. The molecule has 5 aromatic rings. The summed E-state index contributed by atoms with van der Waals surface area (Å²) in [5.41, 5.74) is 12.9. The van der Waals surface area contributed by atoms with Crippen LogP contribution in [0.3, 0.4) is 0 Å². The lowest BCUT2D eigenvalue weighted by Crippen LogP contribution is -2.67. The van der Waals surface area contributed by atoms with E-state index >= 15 is 0 Å². The lowest BCUT2D eigenvalue weighted by Gasteiger charge is -2.43. The van der Waals surface area contributed by atoms with Crippen LogP contribution in [0.4, 0.5) is 11.4 Å². The Bertz CT molecular complexity index is 2090. The fourth-order valence-corrected chi connectivity index (χ4v) is 14.1. The highest BCUT2D eigenvalue weighted by Crippen LogP contribution is 2.52. The first-order valence-electron chi connectivity index (χ1n) is 17.5. The summed E-state index contributed by atoms with van der Waals surface area (Å²) in [6.07, 6.45) is 0. The number of benzene rings is 4. The predicted octanol–water partition coefficient (Wildman–Crippen LogP) is 8.16. The number of aromatic amines is 1. The van der Waals surface area contributed by atoms with Gasteiger partial charge >= 0.3 is 0 Å². The van der Waals surface area contributed by atoms with Crippen molar-refractivity contribution in [2.24, 2.45) is 5.11 Å². The van der Waals surface area contributed by atoms with Crippen LogP contribution in [0.2, 0.25) is 5.04 Å². The number of ether oxygens (including phenoxy) is 1. The summed E-state index contributed by atoms with van der Waals surface area (Å²) in [7, 11) is -2.79. The van der Waals surface area contributed by atoms with Crippen LogP contribution in [-0.2, 0) is 9.16 Å². The molecule has 1 unspecified atom stereocenters. The molecule has 4 aromatic carbocycles. The van der Waals surface area contributed by atoms with Crippen molar-refractivity contribution in [1.82, 2.24) is 4.98 Å². The number of anilines is 2. The molecule has 12 heteroatoms. The van der Waals surface area contributed by atoms with E-state index in [2.05, 4.69) is 131 Å². The minimum Gasteiger partial charge on any atom is -0.405 e. The molecule has 2 N–H and O–H groups in total. The van der Waals surface area contributed by atoms with Crippen LogP contribution in [0.15, 0.2) is 139 Å². The minimum atomic E-state index is -2.79. The van der Waals surface area contributed by atoms with E-state index in [0.717, 1.165) is 55.3 Å². The van der Waals surface area contributed by atoms with Gasteiger partial charge < -0.3 is 24.4 Å². The number of rotatable bonds is 11. The van der Waals surface area contributed by atoms with Gasteiger partial charge in [-0.1, -0.05) is 122 Å². The molecule has 0 radical (unpaired) electrons. The number of hydrogen-bond acceptors (Lipinski definition) is 8. The molecule has 0 spiro atoms. The van der Waals surface area contributed by atoms with Gasteiger partial charge in [0.1, 0.15) is 0 Å². The van der Waals surface area contributed by atoms with Gasteiger partial charge in [-0.15, -0.1) is 0 Å². The van der Waals surface area contributed by atoms with E-state index in [1.807, 2.05) is 18.2 Å². The number of azide groups is 1. The van der Waals surface area contributed by atoms with Gasteiger partial charge in [-0.2, -0.15) is 0 Å². The van der Waals surface area contributed by atoms with E-state index in [1.165, 1.54) is 10.4 Å². The lowest BCUT2D eigenvalue weighted by atomic mass is 10.1. The molecule has 9 nitrogen and oxygen atoms in total. The van der Waals surface area contributed by atoms with Gasteiger partial charge in [-0.3, -0.25) is 4.79 Å². The van der Waals surface area contributed by atoms with Gasteiger partial charge in [0.25, 0.3) is 8.32 Å². The van der Waals surface area contributed by atoms with E-state index in [1.54, 1.807) is 29.6 Å². The zero-order chi connectivity index (χ0) is 36.1. The third kappa shape index (κ3) is 7.54. The monoisotopic (exact) mass is 746 g/mol. The van der Waals surface area contributed by atoms with Crippen LogP contribution in [0, 0.1) is 0 Å². The van der Waals surface area contributed by atoms with Crippen molar-refractivity contribution < 1.29 is 9.16 Å². The molecule has 0 saturated carbocycles. The number of aromatic nitrogens is 1. The number of hydrogen-bond donors (Lipinski definition) is 2. The van der Waals surface area contributed by atoms with Crippen LogP contribution in [0.25, 0.3) is 21.7 Å². The summed E-state index contributed by atoms with van der Waals surface area (Å²) in [6, 6.07) is 37.2. The Morgan fingerprint density at radius 2 is 1.62 bits per heavy atom. The zero-order valence-electron chi connectivity index (χ0n) is 29.5.